The molecular formula is C14H18N2O4. The number of carbonyl (C=O) groups is 2. The van der Waals surface area contributed by atoms with Crippen molar-refractivity contribution in [2.45, 2.75) is 6.42 Å². The smallest absolute Gasteiger partial charge is 0.324 e. The van der Waals surface area contributed by atoms with Crippen LogP contribution in [0.5, 0.6) is 5.75 Å². The highest BCUT2D eigenvalue weighted by Crippen LogP contribution is 2.23. The Hall–Kier alpha value is -2.24. The van der Waals surface area contributed by atoms with Crippen LogP contribution in [-0.2, 0) is 4.79 Å². The molecule has 6 heteroatoms. The van der Waals surface area contributed by atoms with Gasteiger partial charge in [0.1, 0.15) is 5.75 Å². The number of carbonyl (C=O) groups excluding carboxylic acids is 1. The molecule has 1 aliphatic heterocycles. The number of aliphatic carboxylic acids is 1. The minimum atomic E-state index is -0.843. The molecule has 0 spiro atoms. The van der Waals surface area contributed by atoms with Gasteiger partial charge in [-0.2, -0.15) is 0 Å². The molecule has 2 rings (SSSR count). The van der Waals surface area contributed by atoms with Gasteiger partial charge < -0.3 is 14.7 Å². The van der Waals surface area contributed by atoms with Crippen molar-refractivity contribution in [1.82, 2.24) is 4.90 Å². The summed E-state index contributed by atoms with van der Waals surface area (Å²) in [7, 11) is 3.24. The standard InChI is InChI=1S/C14H18N2O4/c1-15(11-4-3-5-12(8-11)20-2)14(19)16-7-6-10(9-16)13(17)18/h3-5,8,10H,6-7,9H2,1-2H3,(H,17,18). The average Bonchev–Trinajstić information content (AvgIpc) is 2.95. The number of benzene rings is 1. The lowest BCUT2D eigenvalue weighted by Gasteiger charge is -2.24. The zero-order chi connectivity index (χ0) is 14.7. The van der Waals surface area contributed by atoms with E-state index in [1.54, 1.807) is 31.2 Å². The molecule has 0 radical (unpaired) electrons. The molecule has 1 heterocycles. The van der Waals surface area contributed by atoms with Gasteiger partial charge in [-0.25, -0.2) is 4.79 Å². The van der Waals surface area contributed by atoms with Gasteiger partial charge in [-0.3, -0.25) is 9.69 Å². The zero-order valence-electron chi connectivity index (χ0n) is 11.6. The van der Waals surface area contributed by atoms with Crippen LogP contribution in [0.1, 0.15) is 6.42 Å². The van der Waals surface area contributed by atoms with Gasteiger partial charge in [0, 0.05) is 31.9 Å². The normalized spacial score (nSPS) is 17.9. The molecule has 0 aromatic heterocycles. The van der Waals surface area contributed by atoms with E-state index in [1.807, 2.05) is 12.1 Å². The maximum Gasteiger partial charge on any atom is 0.324 e. The first-order chi connectivity index (χ1) is 9.52. The Morgan fingerprint density at radius 3 is 2.80 bits per heavy atom. The van der Waals surface area contributed by atoms with E-state index in [9.17, 15) is 9.59 Å². The van der Waals surface area contributed by atoms with Crippen molar-refractivity contribution >= 4 is 17.7 Å². The topological polar surface area (TPSA) is 70.1 Å². The maximum absolute atomic E-state index is 12.3. The Kier molecular flexibility index (Phi) is 4.12. The summed E-state index contributed by atoms with van der Waals surface area (Å²) in [5.74, 6) is -0.631. The first-order valence-corrected chi connectivity index (χ1v) is 6.42. The van der Waals surface area contributed by atoms with Crippen LogP contribution in [0.15, 0.2) is 24.3 Å². The van der Waals surface area contributed by atoms with Crippen LogP contribution in [-0.4, -0.2) is 49.3 Å². The largest absolute Gasteiger partial charge is 0.497 e. The third kappa shape index (κ3) is 2.84. The van der Waals surface area contributed by atoms with E-state index in [0.717, 1.165) is 0 Å². The molecule has 2 amide bonds. The predicted octanol–water partition coefficient (Wildman–Crippen LogP) is 1.66. The quantitative estimate of drug-likeness (QED) is 0.912. The fourth-order valence-corrected chi connectivity index (χ4v) is 2.28. The monoisotopic (exact) mass is 278 g/mol. The molecule has 20 heavy (non-hydrogen) atoms. The highest BCUT2D eigenvalue weighted by Gasteiger charge is 2.32. The van der Waals surface area contributed by atoms with Gasteiger partial charge in [-0.1, -0.05) is 6.07 Å². The number of hydrogen-bond acceptors (Lipinski definition) is 3. The predicted molar refractivity (Wildman–Crippen MR) is 74.1 cm³/mol. The molecule has 1 saturated heterocycles. The Bertz CT molecular complexity index is 518. The lowest BCUT2D eigenvalue weighted by molar-refractivity contribution is -0.141. The molecule has 1 aliphatic rings. The summed E-state index contributed by atoms with van der Waals surface area (Å²) in [5.41, 5.74) is 0.716. The Morgan fingerprint density at radius 1 is 1.45 bits per heavy atom. The van der Waals surface area contributed by atoms with Crippen LogP contribution in [0.4, 0.5) is 10.5 Å². The van der Waals surface area contributed by atoms with Gasteiger partial charge >= 0.3 is 12.0 Å². The molecule has 0 saturated carbocycles. The third-order valence-electron chi connectivity index (χ3n) is 3.54. The minimum Gasteiger partial charge on any atom is -0.497 e. The number of hydrogen-bond donors (Lipinski definition) is 1. The second-order valence-electron chi connectivity index (χ2n) is 4.81. The molecule has 1 aromatic rings. The van der Waals surface area contributed by atoms with Crippen molar-refractivity contribution in [3.8, 4) is 5.75 Å². The van der Waals surface area contributed by atoms with Crippen LogP contribution in [0, 0.1) is 5.92 Å². The number of ether oxygens (including phenoxy) is 1. The molecule has 1 unspecified atom stereocenters. The Labute approximate surface area is 117 Å². The molecule has 1 aromatic carbocycles. The van der Waals surface area contributed by atoms with Gasteiger partial charge in [0.2, 0.25) is 0 Å². The molecule has 1 fully saturated rings. The molecule has 6 nitrogen and oxygen atoms in total. The second kappa shape index (κ2) is 5.81. The molecule has 1 N–H and O–H groups in total. The molecular weight excluding hydrogens is 260 g/mol. The van der Waals surface area contributed by atoms with Crippen LogP contribution in [0.3, 0.4) is 0 Å². The maximum atomic E-state index is 12.3. The first-order valence-electron chi connectivity index (χ1n) is 6.42. The molecule has 1 atom stereocenters. The lowest BCUT2D eigenvalue weighted by atomic mass is 10.1. The summed E-state index contributed by atoms with van der Waals surface area (Å²) < 4.78 is 5.13. The van der Waals surface area contributed by atoms with E-state index in [-0.39, 0.29) is 12.6 Å². The molecule has 0 aliphatic carbocycles. The van der Waals surface area contributed by atoms with Crippen molar-refractivity contribution in [3.63, 3.8) is 0 Å². The summed E-state index contributed by atoms with van der Waals surface area (Å²) in [6.07, 6.45) is 0.507. The number of urea groups is 1. The molecule has 108 valence electrons. The van der Waals surface area contributed by atoms with E-state index < -0.39 is 11.9 Å². The van der Waals surface area contributed by atoms with Crippen molar-refractivity contribution in [3.05, 3.63) is 24.3 Å². The van der Waals surface area contributed by atoms with E-state index in [1.165, 1.54) is 4.90 Å². The van der Waals surface area contributed by atoms with Crippen molar-refractivity contribution in [2.75, 3.05) is 32.1 Å². The number of carboxylic acids is 1. The number of carboxylic acid groups (broad SMARTS) is 1. The van der Waals surface area contributed by atoms with Gasteiger partial charge in [0.25, 0.3) is 0 Å². The fourth-order valence-electron chi connectivity index (χ4n) is 2.28. The fraction of sp³-hybridized carbons (Fsp3) is 0.429. The second-order valence-corrected chi connectivity index (χ2v) is 4.81. The third-order valence-corrected chi connectivity index (χ3v) is 3.54. The Morgan fingerprint density at radius 2 is 2.20 bits per heavy atom. The van der Waals surface area contributed by atoms with Crippen LogP contribution in [0.25, 0.3) is 0 Å². The summed E-state index contributed by atoms with van der Waals surface area (Å²) in [6, 6.07) is 7.00. The summed E-state index contributed by atoms with van der Waals surface area (Å²) >= 11 is 0. The van der Waals surface area contributed by atoms with Crippen LogP contribution >= 0.6 is 0 Å². The van der Waals surface area contributed by atoms with E-state index >= 15 is 0 Å². The van der Waals surface area contributed by atoms with Gasteiger partial charge in [0.15, 0.2) is 0 Å². The number of amides is 2. The van der Waals surface area contributed by atoms with Crippen LogP contribution < -0.4 is 9.64 Å². The highest BCUT2D eigenvalue weighted by molar-refractivity contribution is 5.92. The first kappa shape index (κ1) is 14.2. The van der Waals surface area contributed by atoms with Gasteiger partial charge in [-0.05, 0) is 18.6 Å². The minimum absolute atomic E-state index is 0.193. The lowest BCUT2D eigenvalue weighted by Crippen LogP contribution is -2.40. The van der Waals surface area contributed by atoms with Crippen LogP contribution in [0.2, 0.25) is 0 Å². The van der Waals surface area contributed by atoms with E-state index in [0.29, 0.717) is 24.4 Å². The summed E-state index contributed by atoms with van der Waals surface area (Å²) in [6.45, 7) is 0.743. The average molecular weight is 278 g/mol. The SMILES string of the molecule is COc1cccc(N(C)C(=O)N2CCC(C(=O)O)C2)c1. The summed E-state index contributed by atoms with van der Waals surface area (Å²) in [4.78, 5) is 26.3. The van der Waals surface area contributed by atoms with Crippen molar-refractivity contribution in [1.29, 1.82) is 0 Å². The number of likely N-dealkylation sites (tertiary alicyclic amines) is 1. The van der Waals surface area contributed by atoms with Crippen molar-refractivity contribution in [2.24, 2.45) is 5.92 Å². The summed E-state index contributed by atoms with van der Waals surface area (Å²) in [5, 5.41) is 8.97. The molecule has 0 bridgehead atoms. The Balaban J connectivity index is 2.07. The number of nitrogens with zero attached hydrogens (tertiary/aromatic N) is 2. The number of anilines is 1. The van der Waals surface area contributed by atoms with Gasteiger partial charge in [-0.15, -0.1) is 0 Å². The number of methoxy groups -OCH3 is 1. The van der Waals surface area contributed by atoms with Crippen molar-refractivity contribution < 1.29 is 19.4 Å². The number of rotatable bonds is 3. The van der Waals surface area contributed by atoms with E-state index in [2.05, 4.69) is 0 Å². The van der Waals surface area contributed by atoms with Gasteiger partial charge in [0.05, 0.1) is 13.0 Å². The van der Waals surface area contributed by atoms with E-state index in [4.69, 9.17) is 9.84 Å². The zero-order valence-corrected chi connectivity index (χ0v) is 11.6. The highest BCUT2D eigenvalue weighted by atomic mass is 16.5.